The number of pyridine rings is 1. The zero-order valence-corrected chi connectivity index (χ0v) is 38.3. The van der Waals surface area contributed by atoms with Gasteiger partial charge in [0.05, 0.1) is 36.8 Å². The molecule has 2 aromatic carbocycles. The van der Waals surface area contributed by atoms with E-state index in [1.54, 1.807) is 18.2 Å². The van der Waals surface area contributed by atoms with E-state index in [9.17, 15) is 9.90 Å². The van der Waals surface area contributed by atoms with Gasteiger partial charge in [0, 0.05) is 75.5 Å². The number of benzene rings is 2. The van der Waals surface area contributed by atoms with Crippen LogP contribution in [-0.4, -0.2) is 137 Å². The van der Waals surface area contributed by atoms with Gasteiger partial charge in [0.2, 0.25) is 0 Å². The van der Waals surface area contributed by atoms with E-state index in [1.165, 1.54) is 19.4 Å². The number of halogens is 2. The van der Waals surface area contributed by atoms with Crippen molar-refractivity contribution in [1.29, 1.82) is 0 Å². The van der Waals surface area contributed by atoms with Gasteiger partial charge in [-0.25, -0.2) is 13.6 Å². The number of likely N-dealkylation sites (N-methyl/N-ethyl adjacent to an activating group) is 1. The molecule has 2 saturated heterocycles. The summed E-state index contributed by atoms with van der Waals surface area (Å²) in [4.78, 5) is 32.6. The Kier molecular flexibility index (Phi) is 13.9. The van der Waals surface area contributed by atoms with Crippen LogP contribution in [0.25, 0.3) is 32.9 Å². The maximum absolute atomic E-state index is 17.8. The van der Waals surface area contributed by atoms with Crippen LogP contribution in [-0.2, 0) is 9.47 Å². The van der Waals surface area contributed by atoms with E-state index in [-0.39, 0.29) is 47.1 Å². The highest BCUT2D eigenvalue weighted by Crippen LogP contribution is 2.47. The van der Waals surface area contributed by atoms with E-state index >= 15 is 8.78 Å². The van der Waals surface area contributed by atoms with E-state index < -0.39 is 31.8 Å². The highest BCUT2D eigenvalue weighted by molar-refractivity contribution is 6.90. The summed E-state index contributed by atoms with van der Waals surface area (Å²) in [6, 6.07) is 6.00. The van der Waals surface area contributed by atoms with Crippen LogP contribution in [0.5, 0.6) is 11.8 Å². The van der Waals surface area contributed by atoms with Gasteiger partial charge >= 0.3 is 12.1 Å². The number of hydrogen-bond donors (Lipinski definition) is 2. The first-order chi connectivity index (χ1) is 29.6. The van der Waals surface area contributed by atoms with Crippen molar-refractivity contribution in [2.45, 2.75) is 77.0 Å². The van der Waals surface area contributed by atoms with Crippen molar-refractivity contribution in [3.8, 4) is 34.5 Å². The second kappa shape index (κ2) is 19.0. The Bertz CT molecular complexity index is 2310. The lowest BCUT2D eigenvalue weighted by Crippen LogP contribution is -2.46. The molecule has 0 bridgehead atoms. The van der Waals surface area contributed by atoms with Crippen LogP contribution >= 0.6 is 0 Å². The Balaban J connectivity index is 1.40. The Morgan fingerprint density at radius 1 is 1.02 bits per heavy atom. The normalized spacial score (nSPS) is 18.6. The molecule has 2 aliphatic heterocycles. The molecular formula is C46H61F2N7O6Si. The smallest absolute Gasteiger partial charge is 0.404 e. The van der Waals surface area contributed by atoms with E-state index in [1.807, 2.05) is 16.8 Å². The second-order valence-electron chi connectivity index (χ2n) is 18.2. The number of anilines is 1. The Morgan fingerprint density at radius 2 is 1.74 bits per heavy atom. The summed E-state index contributed by atoms with van der Waals surface area (Å²) in [7, 11) is 1.12. The van der Waals surface area contributed by atoms with E-state index in [2.05, 4.69) is 63.2 Å². The largest absolute Gasteiger partial charge is 0.468 e. The number of carboxylic acid groups (broad SMARTS) is 1. The molecule has 16 heteroatoms. The van der Waals surface area contributed by atoms with Crippen LogP contribution in [0.4, 0.5) is 19.4 Å². The van der Waals surface area contributed by atoms with Crippen molar-refractivity contribution in [3.63, 3.8) is 0 Å². The van der Waals surface area contributed by atoms with Gasteiger partial charge in [-0.2, -0.15) is 9.97 Å². The molecule has 2 aromatic heterocycles. The zero-order chi connectivity index (χ0) is 44.3. The number of nitrogens with one attached hydrogen (secondary N) is 1. The van der Waals surface area contributed by atoms with Gasteiger partial charge in [0.15, 0.2) is 12.6 Å². The molecule has 4 heterocycles. The first-order valence-corrected chi connectivity index (χ1v) is 24.0. The summed E-state index contributed by atoms with van der Waals surface area (Å²) < 4.78 is 57.2. The number of rotatable bonds is 14. The number of fused-ring (bicyclic) bond motifs is 2. The minimum Gasteiger partial charge on any atom is -0.468 e. The fraction of sp³-hybridized carbons (Fsp3) is 0.565. The lowest BCUT2D eigenvalue weighted by molar-refractivity contribution is 0.0231. The fourth-order valence-corrected chi connectivity index (χ4v) is 14.9. The van der Waals surface area contributed by atoms with E-state index in [0.717, 1.165) is 32.5 Å². The lowest BCUT2D eigenvalue weighted by atomic mass is 9.95. The third-order valence-electron chi connectivity index (χ3n) is 13.0. The number of hydrogen-bond acceptors (Lipinski definition) is 11. The molecule has 13 nitrogen and oxygen atoms in total. The number of ether oxygens (including phenoxy) is 4. The number of methoxy groups -OCH3 is 1. The topological polar surface area (TPSA) is 135 Å². The average Bonchev–Trinajstić information content (AvgIpc) is 4.02. The molecule has 3 fully saturated rings. The molecule has 7 rings (SSSR count). The van der Waals surface area contributed by atoms with Gasteiger partial charge < -0.3 is 39.2 Å². The number of amides is 1. The number of nitrogens with zero attached hydrogens (tertiary/aromatic N) is 6. The standard InChI is InChI=1S/C46H61F2N7O6Si/c1-29(2)62(30(3)4,31(5)6)20-11-35-38(47)10-9-32-21-34(61-28-58-8)22-36(39(32)35)41-40(48)42-37(23-49-41)43(55-15-14-53(7)24-33(25-55)50-45(56)57)52-44(51-42)60-27-46(12-13-46)26-54-16-18-59-19-17-54/h9-10,21-23,29-31,33,50H,12-19,24-28H2,1-8H3,(H,56,57)/t33-/m0/s1. The molecule has 1 atom stereocenters. The molecule has 62 heavy (non-hydrogen) atoms. The van der Waals surface area contributed by atoms with Gasteiger partial charge in [-0.3, -0.25) is 9.88 Å². The van der Waals surface area contributed by atoms with Crippen molar-refractivity contribution in [2.24, 2.45) is 5.41 Å². The van der Waals surface area contributed by atoms with Crippen LogP contribution < -0.4 is 19.7 Å². The molecule has 1 saturated carbocycles. The highest BCUT2D eigenvalue weighted by Gasteiger charge is 2.45. The summed E-state index contributed by atoms with van der Waals surface area (Å²) >= 11 is 0. The SMILES string of the molecule is COCOc1cc(-c2ncc3c(N4CCN(C)C[C@H](NC(=O)O)C4)nc(OCC4(CN5CCOCC5)CC4)nc3c2F)c2c(C#C[Si](C(C)C)(C(C)C)C(C)C)c(F)ccc2c1. The molecule has 3 aliphatic rings. The minimum absolute atomic E-state index is 0.00846. The Labute approximate surface area is 364 Å². The highest BCUT2D eigenvalue weighted by atomic mass is 28.3. The van der Waals surface area contributed by atoms with Crippen molar-refractivity contribution in [1.82, 2.24) is 30.1 Å². The molecule has 1 amide bonds. The number of morpholine rings is 1. The zero-order valence-electron chi connectivity index (χ0n) is 37.3. The summed E-state index contributed by atoms with van der Waals surface area (Å²) in [6.07, 6.45) is 2.37. The molecular weight excluding hydrogens is 813 g/mol. The Morgan fingerprint density at radius 3 is 2.40 bits per heavy atom. The van der Waals surface area contributed by atoms with E-state index in [4.69, 9.17) is 33.9 Å². The minimum atomic E-state index is -2.32. The summed E-state index contributed by atoms with van der Waals surface area (Å²) in [5.41, 5.74) is 4.87. The van der Waals surface area contributed by atoms with E-state index in [0.29, 0.717) is 83.8 Å². The van der Waals surface area contributed by atoms with Gasteiger partial charge in [-0.05, 0) is 60.1 Å². The van der Waals surface area contributed by atoms with Crippen molar-refractivity contribution in [2.75, 3.05) is 91.5 Å². The third-order valence-corrected chi connectivity index (χ3v) is 19.3. The molecule has 1 aliphatic carbocycles. The first-order valence-electron chi connectivity index (χ1n) is 21.8. The van der Waals surface area contributed by atoms with Crippen LogP contribution in [0.1, 0.15) is 59.9 Å². The van der Waals surface area contributed by atoms with Crippen LogP contribution in [0, 0.1) is 28.5 Å². The molecule has 0 radical (unpaired) electrons. The van der Waals surface area contributed by atoms with Gasteiger partial charge in [0.1, 0.15) is 36.7 Å². The fourth-order valence-electron chi connectivity index (χ4n) is 9.66. The molecule has 2 N–H and O–H groups in total. The molecule has 334 valence electrons. The quantitative estimate of drug-likeness (QED) is 0.0736. The second-order valence-corrected chi connectivity index (χ2v) is 23.8. The molecule has 0 unspecified atom stereocenters. The van der Waals surface area contributed by atoms with Crippen LogP contribution in [0.15, 0.2) is 30.5 Å². The summed E-state index contributed by atoms with van der Waals surface area (Å²) in [6.45, 7) is 19.3. The van der Waals surface area contributed by atoms with Crippen molar-refractivity contribution < 1.29 is 37.6 Å². The monoisotopic (exact) mass is 873 g/mol. The predicted molar refractivity (Wildman–Crippen MR) is 240 cm³/mol. The number of carbonyl (C=O) groups is 1. The predicted octanol–water partition coefficient (Wildman–Crippen LogP) is 7.55. The van der Waals surface area contributed by atoms with Crippen LogP contribution in [0.3, 0.4) is 0 Å². The van der Waals surface area contributed by atoms with Gasteiger partial charge in [0.25, 0.3) is 0 Å². The maximum Gasteiger partial charge on any atom is 0.404 e. The molecule has 4 aromatic rings. The average molecular weight is 874 g/mol. The van der Waals surface area contributed by atoms with Crippen LogP contribution in [0.2, 0.25) is 16.6 Å². The maximum atomic E-state index is 17.8. The van der Waals surface area contributed by atoms with Crippen molar-refractivity contribution >= 4 is 41.7 Å². The number of aromatic nitrogens is 3. The van der Waals surface area contributed by atoms with Gasteiger partial charge in [-0.1, -0.05) is 53.5 Å². The Hall–Kier alpha value is -4.66. The lowest BCUT2D eigenvalue weighted by Gasteiger charge is -2.38. The molecule has 0 spiro atoms. The first kappa shape index (κ1) is 45.4. The third kappa shape index (κ3) is 9.62. The van der Waals surface area contributed by atoms with Crippen molar-refractivity contribution in [3.05, 3.63) is 47.7 Å². The summed E-state index contributed by atoms with van der Waals surface area (Å²) in [5.74, 6) is 2.83. The summed E-state index contributed by atoms with van der Waals surface area (Å²) in [5, 5.41) is 13.6. The van der Waals surface area contributed by atoms with Gasteiger partial charge in [-0.15, -0.1) is 5.54 Å².